The van der Waals surface area contributed by atoms with Gasteiger partial charge in [-0.05, 0) is 19.3 Å². The van der Waals surface area contributed by atoms with Crippen LogP contribution in [0.1, 0.15) is 26.2 Å². The predicted molar refractivity (Wildman–Crippen MR) is 68.6 cm³/mol. The van der Waals surface area contributed by atoms with Gasteiger partial charge in [0.1, 0.15) is 5.84 Å². The largest absolute Gasteiger partial charge is 0.387 e. The van der Waals surface area contributed by atoms with Crippen molar-refractivity contribution in [3.63, 3.8) is 0 Å². The molecule has 100 valence electrons. The van der Waals surface area contributed by atoms with Gasteiger partial charge in [0.25, 0.3) is 0 Å². The Morgan fingerprint density at radius 3 is 2.53 bits per heavy atom. The van der Waals surface area contributed by atoms with Gasteiger partial charge in [-0.2, -0.15) is 0 Å². The van der Waals surface area contributed by atoms with Crippen LogP contribution in [0.3, 0.4) is 0 Å². The quantitative estimate of drug-likeness (QED) is 0.452. The Balaban J connectivity index is 2.35. The van der Waals surface area contributed by atoms with E-state index >= 15 is 0 Å². The van der Waals surface area contributed by atoms with E-state index in [1.165, 1.54) is 0 Å². The predicted octanol–water partition coefficient (Wildman–Crippen LogP) is -0.284. The lowest BCUT2D eigenvalue weighted by atomic mass is 10.1. The summed E-state index contributed by atoms with van der Waals surface area (Å²) < 4.78 is 25.9. The number of hydrogen-bond donors (Lipinski definition) is 3. The van der Waals surface area contributed by atoms with Crippen molar-refractivity contribution in [2.24, 2.45) is 5.73 Å². The number of amidine groups is 1. The first kappa shape index (κ1) is 14.4. The molecule has 0 aliphatic carbocycles. The van der Waals surface area contributed by atoms with Gasteiger partial charge in [-0.1, -0.05) is 6.92 Å². The molecule has 0 spiro atoms. The summed E-state index contributed by atoms with van der Waals surface area (Å²) in [5, 5.41) is 7.20. The zero-order valence-corrected chi connectivity index (χ0v) is 11.1. The normalized spacial score (nSPS) is 19.4. The molecule has 1 fully saturated rings. The minimum absolute atomic E-state index is 0.0368. The van der Waals surface area contributed by atoms with E-state index in [4.69, 9.17) is 11.1 Å². The molecule has 1 aliphatic heterocycles. The van der Waals surface area contributed by atoms with Crippen molar-refractivity contribution in [2.75, 3.05) is 25.4 Å². The number of nitrogens with two attached hydrogens (primary N) is 1. The van der Waals surface area contributed by atoms with Crippen molar-refractivity contribution < 1.29 is 8.42 Å². The first-order valence-corrected chi connectivity index (χ1v) is 7.63. The number of sulfonamides is 1. The van der Waals surface area contributed by atoms with Gasteiger partial charge in [-0.25, -0.2) is 13.1 Å². The molecule has 0 aromatic heterocycles. The van der Waals surface area contributed by atoms with E-state index in [0.29, 0.717) is 13.0 Å². The second-order valence-electron chi connectivity index (χ2n) is 4.51. The van der Waals surface area contributed by atoms with Crippen LogP contribution in [0.15, 0.2) is 0 Å². The van der Waals surface area contributed by atoms with Gasteiger partial charge in [0.2, 0.25) is 10.0 Å². The molecule has 4 N–H and O–H groups in total. The van der Waals surface area contributed by atoms with E-state index in [0.717, 1.165) is 25.9 Å². The molecule has 1 saturated heterocycles. The van der Waals surface area contributed by atoms with Crippen LogP contribution in [0, 0.1) is 5.41 Å². The van der Waals surface area contributed by atoms with E-state index in [9.17, 15) is 8.42 Å². The Bertz CT molecular complexity index is 347. The van der Waals surface area contributed by atoms with E-state index < -0.39 is 10.0 Å². The third-order valence-electron chi connectivity index (χ3n) is 2.80. The average molecular weight is 262 g/mol. The maximum absolute atomic E-state index is 11.6. The van der Waals surface area contributed by atoms with Gasteiger partial charge in [0.15, 0.2) is 0 Å². The number of nitrogens with zero attached hydrogens (tertiary/aromatic N) is 1. The van der Waals surface area contributed by atoms with E-state index in [2.05, 4.69) is 9.62 Å². The van der Waals surface area contributed by atoms with Crippen LogP contribution in [0.25, 0.3) is 0 Å². The fraction of sp³-hybridized carbons (Fsp3) is 0.900. The number of likely N-dealkylation sites (tertiary alicyclic amines) is 1. The van der Waals surface area contributed by atoms with Crippen molar-refractivity contribution in [3.8, 4) is 0 Å². The number of nitrogens with one attached hydrogen (secondary N) is 2. The number of rotatable bonds is 6. The molecule has 0 amide bonds. The molecule has 6 nitrogen and oxygen atoms in total. The molecule has 7 heteroatoms. The van der Waals surface area contributed by atoms with Gasteiger partial charge < -0.3 is 5.73 Å². The number of hydrogen-bond acceptors (Lipinski definition) is 4. The minimum Gasteiger partial charge on any atom is -0.387 e. The Morgan fingerprint density at radius 2 is 2.06 bits per heavy atom. The summed E-state index contributed by atoms with van der Waals surface area (Å²) >= 11 is 0. The van der Waals surface area contributed by atoms with E-state index in [1.54, 1.807) is 0 Å². The first-order chi connectivity index (χ1) is 7.93. The van der Waals surface area contributed by atoms with Crippen LogP contribution in [-0.2, 0) is 10.0 Å². The van der Waals surface area contributed by atoms with Crippen LogP contribution < -0.4 is 10.5 Å². The van der Waals surface area contributed by atoms with Crippen molar-refractivity contribution in [2.45, 2.75) is 32.2 Å². The monoisotopic (exact) mass is 262 g/mol. The molecule has 1 heterocycles. The molecule has 0 aromatic carbocycles. The summed E-state index contributed by atoms with van der Waals surface area (Å²) in [6.07, 6.45) is 2.21. The SMILES string of the molecule is CCCS(=O)(=O)NC1CCN(CC(=N)N)CC1. The topological polar surface area (TPSA) is 99.3 Å². The third-order valence-corrected chi connectivity index (χ3v) is 4.44. The summed E-state index contributed by atoms with van der Waals surface area (Å²) in [7, 11) is -3.11. The van der Waals surface area contributed by atoms with E-state index in [-0.39, 0.29) is 17.6 Å². The van der Waals surface area contributed by atoms with Crippen LogP contribution in [0.5, 0.6) is 0 Å². The Hall–Kier alpha value is -0.660. The van der Waals surface area contributed by atoms with Crippen LogP contribution in [0.2, 0.25) is 0 Å². The zero-order chi connectivity index (χ0) is 12.9. The average Bonchev–Trinajstić information content (AvgIpc) is 2.19. The molecule has 1 aliphatic rings. The summed E-state index contributed by atoms with van der Waals surface area (Å²) in [4.78, 5) is 2.08. The smallest absolute Gasteiger partial charge is 0.211 e. The zero-order valence-electron chi connectivity index (χ0n) is 10.3. The first-order valence-electron chi connectivity index (χ1n) is 5.98. The molecular weight excluding hydrogens is 240 g/mol. The molecule has 17 heavy (non-hydrogen) atoms. The standard InChI is InChI=1S/C10H22N4O2S/c1-2-7-17(15,16)13-9-3-5-14(6-4-9)8-10(11)12/h9,13H,2-8H2,1H3,(H3,11,12). The van der Waals surface area contributed by atoms with Gasteiger partial charge in [-0.3, -0.25) is 10.3 Å². The summed E-state index contributed by atoms with van der Waals surface area (Å²) in [6.45, 7) is 3.92. The number of piperidine rings is 1. The summed E-state index contributed by atoms with van der Waals surface area (Å²) in [5.41, 5.74) is 5.33. The van der Waals surface area contributed by atoms with Crippen LogP contribution in [-0.4, -0.2) is 50.6 Å². The molecule has 0 saturated carbocycles. The Morgan fingerprint density at radius 1 is 1.47 bits per heavy atom. The van der Waals surface area contributed by atoms with E-state index in [1.807, 2.05) is 6.92 Å². The summed E-state index contributed by atoms with van der Waals surface area (Å²) in [6, 6.07) is 0.0368. The Labute approximate surface area is 103 Å². The summed E-state index contributed by atoms with van der Waals surface area (Å²) in [5.74, 6) is 0.357. The van der Waals surface area contributed by atoms with Gasteiger partial charge in [0, 0.05) is 19.1 Å². The highest BCUT2D eigenvalue weighted by Gasteiger charge is 2.23. The van der Waals surface area contributed by atoms with Gasteiger partial charge in [-0.15, -0.1) is 0 Å². The van der Waals surface area contributed by atoms with Crippen molar-refractivity contribution in [1.29, 1.82) is 5.41 Å². The second-order valence-corrected chi connectivity index (χ2v) is 6.39. The molecule has 0 atom stereocenters. The van der Waals surface area contributed by atoms with Crippen molar-refractivity contribution >= 4 is 15.9 Å². The lowest BCUT2D eigenvalue weighted by Gasteiger charge is -2.31. The van der Waals surface area contributed by atoms with Crippen molar-refractivity contribution in [1.82, 2.24) is 9.62 Å². The maximum atomic E-state index is 11.6. The van der Waals surface area contributed by atoms with Gasteiger partial charge >= 0.3 is 0 Å². The minimum atomic E-state index is -3.11. The lowest BCUT2D eigenvalue weighted by Crippen LogP contribution is -2.47. The fourth-order valence-electron chi connectivity index (χ4n) is 2.03. The van der Waals surface area contributed by atoms with Gasteiger partial charge in [0.05, 0.1) is 12.3 Å². The molecule has 0 aromatic rings. The fourth-order valence-corrected chi connectivity index (χ4v) is 3.43. The highest BCUT2D eigenvalue weighted by molar-refractivity contribution is 7.89. The highest BCUT2D eigenvalue weighted by atomic mass is 32.2. The third kappa shape index (κ3) is 5.47. The lowest BCUT2D eigenvalue weighted by molar-refractivity contribution is 0.231. The maximum Gasteiger partial charge on any atom is 0.211 e. The highest BCUT2D eigenvalue weighted by Crippen LogP contribution is 2.11. The molecule has 0 unspecified atom stereocenters. The second kappa shape index (κ2) is 6.32. The van der Waals surface area contributed by atoms with Crippen LogP contribution in [0.4, 0.5) is 0 Å². The molecule has 0 radical (unpaired) electrons. The van der Waals surface area contributed by atoms with Crippen LogP contribution >= 0.6 is 0 Å². The Kier molecular flexibility index (Phi) is 5.35. The van der Waals surface area contributed by atoms with Crippen molar-refractivity contribution in [3.05, 3.63) is 0 Å². The molecule has 1 rings (SSSR count). The molecular formula is C10H22N4O2S. The molecule has 0 bridgehead atoms.